The highest BCUT2D eigenvalue weighted by Crippen LogP contribution is 2.32. The number of likely N-dealkylation sites (tertiary alicyclic amines) is 1. The first kappa shape index (κ1) is 16.3. The van der Waals surface area contributed by atoms with Crippen LogP contribution in [0.1, 0.15) is 37.3 Å². The zero-order chi connectivity index (χ0) is 15.9. The molecule has 22 heavy (non-hydrogen) atoms. The fraction of sp³-hybridized carbons (Fsp3) is 0.500. The fourth-order valence-electron chi connectivity index (χ4n) is 2.77. The molecule has 1 aliphatic rings. The number of carbonyl (C=O) groups excluding carboxylic acids is 2. The number of nitrogens with one attached hydrogen (secondary N) is 1. The lowest BCUT2D eigenvalue weighted by molar-refractivity contribution is -0.132. The highest BCUT2D eigenvalue weighted by atomic mass is 19.1. The minimum absolute atomic E-state index is 0.0402. The average molecular weight is 308 g/mol. The topological polar surface area (TPSA) is 58.6 Å². The summed E-state index contributed by atoms with van der Waals surface area (Å²) in [7, 11) is 1.30. The third-order valence-electron chi connectivity index (χ3n) is 3.83. The molecule has 6 heteroatoms. The van der Waals surface area contributed by atoms with Crippen molar-refractivity contribution in [2.75, 3.05) is 20.2 Å². The number of carbonyl (C=O) groups is 2. The van der Waals surface area contributed by atoms with Gasteiger partial charge in [0.05, 0.1) is 13.2 Å². The van der Waals surface area contributed by atoms with Crippen molar-refractivity contribution in [2.24, 2.45) is 0 Å². The zero-order valence-electron chi connectivity index (χ0n) is 12.7. The van der Waals surface area contributed by atoms with Gasteiger partial charge in [-0.3, -0.25) is 4.79 Å². The predicted octanol–water partition coefficient (Wildman–Crippen LogP) is 2.63. The van der Waals surface area contributed by atoms with Gasteiger partial charge in [0, 0.05) is 19.5 Å². The number of nitrogens with zero attached hydrogens (tertiary/aromatic N) is 1. The molecule has 1 aromatic rings. The van der Waals surface area contributed by atoms with Gasteiger partial charge in [-0.15, -0.1) is 0 Å². The molecule has 2 rings (SSSR count). The number of amides is 2. The number of methoxy groups -OCH3 is 1. The first-order valence-corrected chi connectivity index (χ1v) is 7.48. The number of ether oxygens (including phenoxy) is 1. The molecule has 1 aromatic carbocycles. The van der Waals surface area contributed by atoms with E-state index in [0.717, 1.165) is 18.4 Å². The summed E-state index contributed by atoms with van der Waals surface area (Å²) in [5.74, 6) is -0.238. The van der Waals surface area contributed by atoms with Gasteiger partial charge in [0.25, 0.3) is 0 Å². The summed E-state index contributed by atoms with van der Waals surface area (Å²) in [6, 6.07) is 6.39. The number of hydrogen-bond donors (Lipinski definition) is 1. The van der Waals surface area contributed by atoms with Crippen molar-refractivity contribution in [3.05, 3.63) is 35.6 Å². The molecule has 0 unspecified atom stereocenters. The van der Waals surface area contributed by atoms with Gasteiger partial charge in [-0.25, -0.2) is 9.18 Å². The van der Waals surface area contributed by atoms with Gasteiger partial charge < -0.3 is 15.0 Å². The van der Waals surface area contributed by atoms with Gasteiger partial charge in [-0.05, 0) is 37.0 Å². The summed E-state index contributed by atoms with van der Waals surface area (Å²) in [5, 5.41) is 2.55. The largest absolute Gasteiger partial charge is 0.453 e. The summed E-state index contributed by atoms with van der Waals surface area (Å²) in [6.07, 6.45) is 2.20. The summed E-state index contributed by atoms with van der Waals surface area (Å²) >= 11 is 0. The molecule has 0 aliphatic carbocycles. The van der Waals surface area contributed by atoms with E-state index < -0.39 is 6.09 Å². The van der Waals surface area contributed by atoms with E-state index in [1.54, 1.807) is 6.07 Å². The highest BCUT2D eigenvalue weighted by Gasteiger charge is 2.29. The van der Waals surface area contributed by atoms with Crippen LogP contribution in [0.15, 0.2) is 24.3 Å². The first-order valence-electron chi connectivity index (χ1n) is 7.48. The average Bonchev–Trinajstić information content (AvgIpc) is 3.00. The van der Waals surface area contributed by atoms with Crippen LogP contribution in [0.25, 0.3) is 0 Å². The number of hydrogen-bond acceptors (Lipinski definition) is 3. The Balaban J connectivity index is 1.87. The van der Waals surface area contributed by atoms with Crippen LogP contribution < -0.4 is 5.32 Å². The SMILES string of the molecule is COC(=O)NCCCC(=O)N1CCC[C@H]1c1cccc(F)c1. The Bertz CT molecular complexity index is 536. The van der Waals surface area contributed by atoms with Crippen LogP contribution in [0.4, 0.5) is 9.18 Å². The second-order valence-electron chi connectivity index (χ2n) is 5.32. The maximum atomic E-state index is 13.4. The van der Waals surface area contributed by atoms with Crippen LogP contribution in [0.5, 0.6) is 0 Å². The van der Waals surface area contributed by atoms with Crippen LogP contribution in [-0.4, -0.2) is 37.1 Å². The van der Waals surface area contributed by atoms with E-state index in [0.29, 0.717) is 25.9 Å². The molecule has 0 radical (unpaired) electrons. The zero-order valence-corrected chi connectivity index (χ0v) is 12.7. The van der Waals surface area contributed by atoms with Crippen LogP contribution in [0, 0.1) is 5.82 Å². The minimum Gasteiger partial charge on any atom is -0.453 e. The maximum absolute atomic E-state index is 13.4. The molecule has 1 fully saturated rings. The van der Waals surface area contributed by atoms with E-state index in [2.05, 4.69) is 10.1 Å². The normalized spacial score (nSPS) is 17.4. The Hall–Kier alpha value is -2.11. The Labute approximate surface area is 129 Å². The van der Waals surface area contributed by atoms with E-state index in [1.807, 2.05) is 11.0 Å². The molecule has 0 spiro atoms. The maximum Gasteiger partial charge on any atom is 0.406 e. The van der Waals surface area contributed by atoms with Gasteiger partial charge in [-0.2, -0.15) is 0 Å². The lowest BCUT2D eigenvalue weighted by atomic mass is 10.0. The van der Waals surface area contributed by atoms with Crippen LogP contribution in [-0.2, 0) is 9.53 Å². The molecule has 0 aromatic heterocycles. The van der Waals surface area contributed by atoms with Crippen molar-refractivity contribution in [1.82, 2.24) is 10.2 Å². The van der Waals surface area contributed by atoms with E-state index in [9.17, 15) is 14.0 Å². The van der Waals surface area contributed by atoms with Gasteiger partial charge in [0.1, 0.15) is 5.82 Å². The van der Waals surface area contributed by atoms with Gasteiger partial charge in [-0.1, -0.05) is 12.1 Å². The standard InChI is InChI=1S/C16H21FN2O3/c1-22-16(21)18-9-3-8-15(20)19-10-4-7-14(19)12-5-2-6-13(17)11-12/h2,5-6,11,14H,3-4,7-10H2,1H3,(H,18,21)/t14-/m0/s1. The van der Waals surface area contributed by atoms with Crippen molar-refractivity contribution in [3.8, 4) is 0 Å². The molecule has 5 nitrogen and oxygen atoms in total. The summed E-state index contributed by atoms with van der Waals surface area (Å²) in [6.45, 7) is 1.10. The Kier molecular flexibility index (Phi) is 5.75. The minimum atomic E-state index is -0.494. The number of benzene rings is 1. The second-order valence-corrected chi connectivity index (χ2v) is 5.32. The van der Waals surface area contributed by atoms with Crippen LogP contribution in [0.3, 0.4) is 0 Å². The molecule has 0 bridgehead atoms. The third kappa shape index (κ3) is 4.19. The Morgan fingerprint density at radius 2 is 2.27 bits per heavy atom. The molecule has 1 saturated heterocycles. The van der Waals surface area contributed by atoms with Crippen molar-refractivity contribution in [1.29, 1.82) is 0 Å². The third-order valence-corrected chi connectivity index (χ3v) is 3.83. The first-order chi connectivity index (χ1) is 10.6. The highest BCUT2D eigenvalue weighted by molar-refractivity contribution is 5.77. The molecule has 2 amide bonds. The van der Waals surface area contributed by atoms with Crippen molar-refractivity contribution in [3.63, 3.8) is 0 Å². The second kappa shape index (κ2) is 7.77. The van der Waals surface area contributed by atoms with Crippen molar-refractivity contribution >= 4 is 12.0 Å². The summed E-state index contributed by atoms with van der Waals surface area (Å²) in [4.78, 5) is 25.0. The predicted molar refractivity (Wildman–Crippen MR) is 79.7 cm³/mol. The summed E-state index contributed by atoms with van der Waals surface area (Å²) in [5.41, 5.74) is 0.846. The molecule has 0 saturated carbocycles. The lowest BCUT2D eigenvalue weighted by Gasteiger charge is -2.25. The monoisotopic (exact) mass is 308 g/mol. The van der Waals surface area contributed by atoms with Gasteiger partial charge >= 0.3 is 6.09 Å². The Morgan fingerprint density at radius 1 is 1.45 bits per heavy atom. The fourth-order valence-corrected chi connectivity index (χ4v) is 2.77. The molecule has 1 aliphatic heterocycles. The van der Waals surface area contributed by atoms with Crippen molar-refractivity contribution < 1.29 is 18.7 Å². The van der Waals surface area contributed by atoms with Crippen LogP contribution in [0.2, 0.25) is 0 Å². The van der Waals surface area contributed by atoms with E-state index >= 15 is 0 Å². The number of halogens is 1. The number of alkyl carbamates (subject to hydrolysis) is 1. The molecule has 1 atom stereocenters. The van der Waals surface area contributed by atoms with E-state index in [1.165, 1.54) is 19.2 Å². The lowest BCUT2D eigenvalue weighted by Crippen LogP contribution is -2.31. The molecule has 1 heterocycles. The van der Waals surface area contributed by atoms with Gasteiger partial charge in [0.2, 0.25) is 5.91 Å². The summed E-state index contributed by atoms with van der Waals surface area (Å²) < 4.78 is 17.8. The molecule has 120 valence electrons. The van der Waals surface area contributed by atoms with Crippen LogP contribution >= 0.6 is 0 Å². The number of rotatable bonds is 5. The molecule has 1 N–H and O–H groups in total. The van der Waals surface area contributed by atoms with E-state index in [4.69, 9.17) is 0 Å². The van der Waals surface area contributed by atoms with Gasteiger partial charge in [0.15, 0.2) is 0 Å². The van der Waals surface area contributed by atoms with E-state index in [-0.39, 0.29) is 17.8 Å². The van der Waals surface area contributed by atoms with Crippen molar-refractivity contribution in [2.45, 2.75) is 31.7 Å². The molecular formula is C16H21FN2O3. The molecular weight excluding hydrogens is 287 g/mol. The Morgan fingerprint density at radius 3 is 3.00 bits per heavy atom. The smallest absolute Gasteiger partial charge is 0.406 e. The quantitative estimate of drug-likeness (QED) is 0.851.